The Bertz CT molecular complexity index is 1140. The molecule has 1 saturated heterocycles. The number of morpholine rings is 1. The third-order valence-electron chi connectivity index (χ3n) is 4.99. The predicted octanol–water partition coefficient (Wildman–Crippen LogP) is 2.75. The van der Waals surface area contributed by atoms with Crippen molar-refractivity contribution >= 4 is 28.3 Å². The van der Waals surface area contributed by atoms with Crippen LogP contribution in [-0.2, 0) is 16.0 Å². The number of halogens is 1. The van der Waals surface area contributed by atoms with Crippen molar-refractivity contribution in [2.24, 2.45) is 0 Å². The minimum Gasteiger partial charge on any atom is -0.378 e. The van der Waals surface area contributed by atoms with Crippen LogP contribution in [0.2, 0.25) is 0 Å². The van der Waals surface area contributed by atoms with Gasteiger partial charge in [-0.3, -0.25) is 14.6 Å². The Hall–Kier alpha value is -3.11. The lowest BCUT2D eigenvalue weighted by Gasteiger charge is -2.27. The SMILES string of the molecule is Cc1nc(N2CCOCC2)[nH]c(=O)c1CCC(=O)Nc1nc(-c2cccc(F)c2)cs1. The molecule has 1 amide bonds. The molecule has 1 fully saturated rings. The van der Waals surface area contributed by atoms with Crippen LogP contribution < -0.4 is 15.8 Å². The maximum Gasteiger partial charge on any atom is 0.255 e. The van der Waals surface area contributed by atoms with Gasteiger partial charge < -0.3 is 15.0 Å². The van der Waals surface area contributed by atoms with Crippen LogP contribution in [0.25, 0.3) is 11.3 Å². The van der Waals surface area contributed by atoms with Gasteiger partial charge in [0.2, 0.25) is 11.9 Å². The van der Waals surface area contributed by atoms with Gasteiger partial charge in [0.25, 0.3) is 5.56 Å². The van der Waals surface area contributed by atoms with Crippen molar-refractivity contribution < 1.29 is 13.9 Å². The molecule has 10 heteroatoms. The number of nitrogens with zero attached hydrogens (tertiary/aromatic N) is 3. The van der Waals surface area contributed by atoms with Gasteiger partial charge in [-0.2, -0.15) is 0 Å². The molecule has 3 aromatic rings. The van der Waals surface area contributed by atoms with Crippen molar-refractivity contribution in [3.05, 3.63) is 57.1 Å². The lowest BCUT2D eigenvalue weighted by molar-refractivity contribution is -0.116. The number of ether oxygens (including phenoxy) is 1. The first-order chi connectivity index (χ1) is 15.0. The summed E-state index contributed by atoms with van der Waals surface area (Å²) in [5.74, 6) is -0.0622. The molecule has 0 atom stereocenters. The molecule has 162 valence electrons. The highest BCUT2D eigenvalue weighted by Crippen LogP contribution is 2.25. The van der Waals surface area contributed by atoms with E-state index in [0.29, 0.717) is 59.9 Å². The number of H-pyrrole nitrogens is 1. The van der Waals surface area contributed by atoms with Crippen LogP contribution in [0, 0.1) is 12.7 Å². The molecule has 0 radical (unpaired) electrons. The lowest BCUT2D eigenvalue weighted by atomic mass is 10.1. The number of nitrogens with one attached hydrogen (secondary N) is 2. The van der Waals surface area contributed by atoms with Crippen LogP contribution in [0.1, 0.15) is 17.7 Å². The minimum atomic E-state index is -0.343. The van der Waals surface area contributed by atoms with Gasteiger partial charge in [-0.15, -0.1) is 11.3 Å². The van der Waals surface area contributed by atoms with Crippen LogP contribution >= 0.6 is 11.3 Å². The molecule has 0 saturated carbocycles. The molecular formula is C21H22FN5O3S. The van der Waals surface area contributed by atoms with Crippen molar-refractivity contribution in [1.29, 1.82) is 0 Å². The number of carbonyl (C=O) groups excluding carboxylic acids is 1. The predicted molar refractivity (Wildman–Crippen MR) is 117 cm³/mol. The van der Waals surface area contributed by atoms with E-state index in [0.717, 1.165) is 0 Å². The second-order valence-electron chi connectivity index (χ2n) is 7.15. The first-order valence-electron chi connectivity index (χ1n) is 9.93. The summed E-state index contributed by atoms with van der Waals surface area (Å²) in [4.78, 5) is 38.5. The van der Waals surface area contributed by atoms with Crippen molar-refractivity contribution in [3.63, 3.8) is 0 Å². The third kappa shape index (κ3) is 5.15. The molecular weight excluding hydrogens is 421 g/mol. The number of aromatic amines is 1. The van der Waals surface area contributed by atoms with E-state index in [1.807, 2.05) is 4.90 Å². The van der Waals surface area contributed by atoms with Gasteiger partial charge in [0.15, 0.2) is 5.13 Å². The Morgan fingerprint density at radius 2 is 2.13 bits per heavy atom. The van der Waals surface area contributed by atoms with Gasteiger partial charge in [0.05, 0.1) is 18.9 Å². The smallest absolute Gasteiger partial charge is 0.255 e. The minimum absolute atomic E-state index is 0.122. The first kappa shape index (κ1) is 21.1. The molecule has 2 N–H and O–H groups in total. The number of hydrogen-bond acceptors (Lipinski definition) is 7. The number of aryl methyl sites for hydroxylation is 1. The van der Waals surface area contributed by atoms with Crippen LogP contribution in [-0.4, -0.2) is 47.2 Å². The monoisotopic (exact) mass is 443 g/mol. The topological polar surface area (TPSA) is 100 Å². The number of anilines is 2. The average Bonchev–Trinajstić information content (AvgIpc) is 3.22. The first-order valence-corrected chi connectivity index (χ1v) is 10.8. The molecule has 8 nitrogen and oxygen atoms in total. The van der Waals surface area contributed by atoms with Gasteiger partial charge in [-0.05, 0) is 25.5 Å². The van der Waals surface area contributed by atoms with Crippen molar-refractivity contribution in [2.45, 2.75) is 19.8 Å². The Morgan fingerprint density at radius 1 is 1.32 bits per heavy atom. The number of thiazole rings is 1. The highest BCUT2D eigenvalue weighted by Gasteiger charge is 2.17. The second kappa shape index (κ2) is 9.36. The molecule has 2 aromatic heterocycles. The Kier molecular flexibility index (Phi) is 6.38. The van der Waals surface area contributed by atoms with Crippen molar-refractivity contribution in [1.82, 2.24) is 15.0 Å². The van der Waals surface area contributed by atoms with E-state index in [1.165, 1.54) is 23.5 Å². The highest BCUT2D eigenvalue weighted by molar-refractivity contribution is 7.14. The maximum absolute atomic E-state index is 13.4. The van der Waals surface area contributed by atoms with Gasteiger partial charge in [-0.1, -0.05) is 12.1 Å². The number of hydrogen-bond donors (Lipinski definition) is 2. The molecule has 0 aliphatic carbocycles. The number of benzene rings is 1. The average molecular weight is 444 g/mol. The second-order valence-corrected chi connectivity index (χ2v) is 8.01. The van der Waals surface area contributed by atoms with Gasteiger partial charge in [0, 0.05) is 41.7 Å². The molecule has 0 spiro atoms. The molecule has 1 aliphatic heterocycles. The highest BCUT2D eigenvalue weighted by atomic mass is 32.1. The molecule has 4 rings (SSSR count). The van der Waals surface area contributed by atoms with Crippen LogP contribution in [0.3, 0.4) is 0 Å². The zero-order valence-electron chi connectivity index (χ0n) is 17.0. The molecule has 0 bridgehead atoms. The molecule has 31 heavy (non-hydrogen) atoms. The summed E-state index contributed by atoms with van der Waals surface area (Å²) in [5.41, 5.74) is 2.11. The number of rotatable bonds is 6. The molecule has 1 aliphatic rings. The fraction of sp³-hybridized carbons (Fsp3) is 0.333. The third-order valence-corrected chi connectivity index (χ3v) is 5.75. The normalized spacial score (nSPS) is 13.9. The van der Waals surface area contributed by atoms with E-state index in [1.54, 1.807) is 24.4 Å². The van der Waals surface area contributed by atoms with Crippen LogP contribution in [0.15, 0.2) is 34.4 Å². The summed E-state index contributed by atoms with van der Waals surface area (Å²) < 4.78 is 18.7. The zero-order valence-corrected chi connectivity index (χ0v) is 17.8. The summed E-state index contributed by atoms with van der Waals surface area (Å²) in [7, 11) is 0. The Balaban J connectivity index is 1.37. The van der Waals surface area contributed by atoms with E-state index in [-0.39, 0.29) is 30.1 Å². The Morgan fingerprint density at radius 3 is 2.87 bits per heavy atom. The largest absolute Gasteiger partial charge is 0.378 e. The summed E-state index contributed by atoms with van der Waals surface area (Å²) in [6.45, 7) is 4.33. The summed E-state index contributed by atoms with van der Waals surface area (Å²) in [6.07, 6.45) is 0.392. The van der Waals surface area contributed by atoms with Crippen molar-refractivity contribution in [2.75, 3.05) is 36.5 Å². The van der Waals surface area contributed by atoms with E-state index in [4.69, 9.17) is 4.74 Å². The fourth-order valence-electron chi connectivity index (χ4n) is 3.35. The zero-order chi connectivity index (χ0) is 21.8. The molecule has 1 aromatic carbocycles. The van der Waals surface area contributed by atoms with Crippen LogP contribution in [0.5, 0.6) is 0 Å². The van der Waals surface area contributed by atoms with E-state index < -0.39 is 0 Å². The number of aromatic nitrogens is 3. The summed E-state index contributed by atoms with van der Waals surface area (Å²) >= 11 is 1.26. The Labute approximate surface area is 182 Å². The maximum atomic E-state index is 13.4. The van der Waals surface area contributed by atoms with Gasteiger partial charge in [-0.25, -0.2) is 14.4 Å². The quantitative estimate of drug-likeness (QED) is 0.608. The lowest BCUT2D eigenvalue weighted by Crippen LogP contribution is -2.38. The standard InChI is InChI=1S/C21H22FN5O3S/c1-13-16(19(29)26-20(23-13)27-7-9-30-10-8-27)5-6-18(28)25-21-24-17(12-31-21)14-3-2-4-15(22)11-14/h2-4,11-12H,5-10H2,1H3,(H,23,26,29)(H,24,25,28). The van der Waals surface area contributed by atoms with Crippen molar-refractivity contribution in [3.8, 4) is 11.3 Å². The van der Waals surface area contributed by atoms with Gasteiger partial charge >= 0.3 is 0 Å². The van der Waals surface area contributed by atoms with E-state index in [9.17, 15) is 14.0 Å². The molecule has 3 heterocycles. The van der Waals surface area contributed by atoms with E-state index in [2.05, 4.69) is 20.3 Å². The van der Waals surface area contributed by atoms with Gasteiger partial charge in [0.1, 0.15) is 5.82 Å². The van der Waals surface area contributed by atoms with Crippen LogP contribution in [0.4, 0.5) is 15.5 Å². The summed E-state index contributed by atoms with van der Waals surface area (Å²) in [5, 5.41) is 4.92. The van der Waals surface area contributed by atoms with E-state index >= 15 is 0 Å². The number of carbonyl (C=O) groups is 1. The summed E-state index contributed by atoms with van der Waals surface area (Å²) in [6, 6.07) is 6.13. The molecule has 0 unspecified atom stereocenters. The fourth-order valence-corrected chi connectivity index (χ4v) is 4.08. The number of amides is 1.